The second-order valence-corrected chi connectivity index (χ2v) is 13.7. The van der Waals surface area contributed by atoms with Crippen LogP contribution < -0.4 is 0 Å². The minimum atomic E-state index is -3.24. The molecule has 210 valence electrons. The third kappa shape index (κ3) is 7.57. The highest BCUT2D eigenvalue weighted by Gasteiger charge is 2.38. The third-order valence-electron chi connectivity index (χ3n) is 7.41. The summed E-state index contributed by atoms with van der Waals surface area (Å²) in [6.07, 6.45) is 3.35. The average Bonchev–Trinajstić information content (AvgIpc) is 2.86. The van der Waals surface area contributed by atoms with Crippen LogP contribution in [-0.2, 0) is 26.8 Å². The minimum Gasteiger partial charge on any atom is -0.341 e. The molecule has 38 heavy (non-hydrogen) atoms. The van der Waals surface area contributed by atoms with Gasteiger partial charge in [-0.3, -0.25) is 4.79 Å². The standard InChI is InChI=1S/C27H35Cl4N3O3S/c1-5-34(38(4,36)37)21-10-13-33(14-11-21)15-12-27(2,20-7-9-23(29)25(31)17-20)26(35)32(3)18-19-6-8-22(28)24(30)16-19/h6-9,16-17,21H,5,10-15,18H2,1-4H3. The number of likely N-dealkylation sites (tertiary alicyclic amines) is 1. The first kappa shape index (κ1) is 31.5. The fraction of sp³-hybridized carbons (Fsp3) is 0.519. The van der Waals surface area contributed by atoms with Gasteiger partial charge in [-0.2, -0.15) is 4.31 Å². The van der Waals surface area contributed by atoms with E-state index in [0.717, 1.165) is 37.1 Å². The largest absolute Gasteiger partial charge is 0.341 e. The zero-order chi connectivity index (χ0) is 28.3. The molecule has 6 nitrogen and oxygen atoms in total. The van der Waals surface area contributed by atoms with Gasteiger partial charge in [0.1, 0.15) is 0 Å². The molecule has 3 rings (SSSR count). The molecule has 0 spiro atoms. The molecule has 2 aromatic carbocycles. The van der Waals surface area contributed by atoms with Crippen LogP contribution in [0.25, 0.3) is 0 Å². The van der Waals surface area contributed by atoms with Gasteiger partial charge >= 0.3 is 0 Å². The Morgan fingerprint density at radius 2 is 1.58 bits per heavy atom. The summed E-state index contributed by atoms with van der Waals surface area (Å²) < 4.78 is 25.9. The molecule has 0 aromatic heterocycles. The number of carbonyl (C=O) groups is 1. The maximum atomic E-state index is 14.0. The zero-order valence-corrected chi connectivity index (χ0v) is 26.0. The van der Waals surface area contributed by atoms with Crippen LogP contribution in [0, 0.1) is 0 Å². The van der Waals surface area contributed by atoms with Gasteiger partial charge in [0.15, 0.2) is 0 Å². The molecular weight excluding hydrogens is 588 g/mol. The molecule has 1 aliphatic rings. The number of carbonyl (C=O) groups excluding carboxylic acids is 1. The van der Waals surface area contributed by atoms with Gasteiger partial charge in [0.05, 0.1) is 31.8 Å². The molecule has 1 unspecified atom stereocenters. The van der Waals surface area contributed by atoms with Gasteiger partial charge in [-0.25, -0.2) is 8.42 Å². The summed E-state index contributed by atoms with van der Waals surface area (Å²) in [6.45, 7) is 6.87. The number of hydrogen-bond donors (Lipinski definition) is 0. The van der Waals surface area contributed by atoms with Crippen molar-refractivity contribution < 1.29 is 13.2 Å². The van der Waals surface area contributed by atoms with Crippen LogP contribution in [0.4, 0.5) is 0 Å². The van der Waals surface area contributed by atoms with E-state index in [1.807, 2.05) is 26.0 Å². The number of nitrogens with zero attached hydrogens (tertiary/aromatic N) is 3. The summed E-state index contributed by atoms with van der Waals surface area (Å²) in [6, 6.07) is 10.7. The Morgan fingerprint density at radius 1 is 1.00 bits per heavy atom. The Balaban J connectivity index is 1.77. The lowest BCUT2D eigenvalue weighted by Gasteiger charge is -2.39. The van der Waals surface area contributed by atoms with E-state index in [1.54, 1.807) is 40.5 Å². The highest BCUT2D eigenvalue weighted by molar-refractivity contribution is 7.88. The quantitative estimate of drug-likeness (QED) is 0.310. The molecule has 1 atom stereocenters. The van der Waals surface area contributed by atoms with E-state index in [0.29, 0.717) is 46.1 Å². The molecule has 0 bridgehead atoms. The average molecular weight is 623 g/mol. The second kappa shape index (κ2) is 13.1. The van der Waals surface area contributed by atoms with Crippen molar-refractivity contribution >= 4 is 62.3 Å². The van der Waals surface area contributed by atoms with Crippen molar-refractivity contribution in [3.05, 3.63) is 67.6 Å². The molecule has 1 aliphatic heterocycles. The van der Waals surface area contributed by atoms with Crippen LogP contribution >= 0.6 is 46.4 Å². The highest BCUT2D eigenvalue weighted by atomic mass is 35.5. The number of hydrogen-bond acceptors (Lipinski definition) is 4. The summed E-state index contributed by atoms with van der Waals surface area (Å²) in [5, 5.41) is 1.74. The molecule has 0 N–H and O–H groups in total. The number of likely N-dealkylation sites (N-methyl/N-ethyl adjacent to an activating group) is 1. The SMILES string of the molecule is CCN(C1CCN(CCC(C)(C(=O)N(C)Cc2ccc(Cl)c(Cl)c2)c2ccc(Cl)c(Cl)c2)CC1)S(C)(=O)=O. The fourth-order valence-electron chi connectivity index (χ4n) is 5.20. The number of rotatable bonds is 10. The van der Waals surface area contributed by atoms with E-state index in [1.165, 1.54) is 6.26 Å². The molecular formula is C27H35Cl4N3O3S. The molecule has 0 radical (unpaired) electrons. The number of amides is 1. The fourth-order valence-corrected chi connectivity index (χ4v) is 7.04. The maximum absolute atomic E-state index is 14.0. The van der Waals surface area contributed by atoms with E-state index in [4.69, 9.17) is 46.4 Å². The van der Waals surface area contributed by atoms with Crippen LogP contribution in [0.15, 0.2) is 36.4 Å². The van der Waals surface area contributed by atoms with Crippen molar-refractivity contribution in [2.45, 2.75) is 51.1 Å². The van der Waals surface area contributed by atoms with Crippen LogP contribution in [0.2, 0.25) is 20.1 Å². The third-order valence-corrected chi connectivity index (χ3v) is 10.3. The smallest absolute Gasteiger partial charge is 0.233 e. The summed E-state index contributed by atoms with van der Waals surface area (Å²) in [5.74, 6) is -0.0499. The molecule has 1 amide bonds. The predicted molar refractivity (Wildman–Crippen MR) is 158 cm³/mol. The van der Waals surface area contributed by atoms with Gasteiger partial charge < -0.3 is 9.80 Å². The van der Waals surface area contributed by atoms with E-state index < -0.39 is 15.4 Å². The van der Waals surface area contributed by atoms with Crippen molar-refractivity contribution in [2.75, 3.05) is 39.5 Å². The van der Waals surface area contributed by atoms with Crippen LogP contribution in [0.3, 0.4) is 0 Å². The molecule has 1 heterocycles. The molecule has 0 saturated carbocycles. The van der Waals surface area contributed by atoms with Crippen molar-refractivity contribution in [1.82, 2.24) is 14.1 Å². The minimum absolute atomic E-state index is 0.00618. The van der Waals surface area contributed by atoms with Crippen molar-refractivity contribution in [3.8, 4) is 0 Å². The Hall–Kier alpha value is -1.06. The maximum Gasteiger partial charge on any atom is 0.233 e. The first-order valence-corrected chi connectivity index (χ1v) is 16.0. The van der Waals surface area contributed by atoms with E-state index >= 15 is 0 Å². The van der Waals surface area contributed by atoms with Gasteiger partial charge in [-0.15, -0.1) is 0 Å². The van der Waals surface area contributed by atoms with E-state index in [-0.39, 0.29) is 11.9 Å². The van der Waals surface area contributed by atoms with Gasteiger partial charge in [0.25, 0.3) is 0 Å². The topological polar surface area (TPSA) is 60.9 Å². The molecule has 0 aliphatic carbocycles. The van der Waals surface area contributed by atoms with Gasteiger partial charge in [0, 0.05) is 26.2 Å². The number of halogens is 4. The lowest BCUT2D eigenvalue weighted by molar-refractivity contribution is -0.136. The molecule has 2 aromatic rings. The highest BCUT2D eigenvalue weighted by Crippen LogP contribution is 2.35. The number of benzene rings is 2. The molecule has 11 heteroatoms. The van der Waals surface area contributed by atoms with Crippen molar-refractivity contribution in [2.24, 2.45) is 0 Å². The summed E-state index contributed by atoms with van der Waals surface area (Å²) >= 11 is 24.8. The van der Waals surface area contributed by atoms with Gasteiger partial charge in [-0.1, -0.05) is 65.5 Å². The lowest BCUT2D eigenvalue weighted by atomic mass is 9.77. The van der Waals surface area contributed by atoms with Crippen LogP contribution in [-0.4, -0.2) is 74.0 Å². The van der Waals surface area contributed by atoms with Gasteiger partial charge in [0.2, 0.25) is 15.9 Å². The van der Waals surface area contributed by atoms with Crippen molar-refractivity contribution in [1.29, 1.82) is 0 Å². The number of piperidine rings is 1. The Labute approximate surface area is 246 Å². The predicted octanol–water partition coefficient (Wildman–Crippen LogP) is 6.35. The Morgan fingerprint density at radius 3 is 2.11 bits per heavy atom. The normalized spacial score (nSPS) is 17.0. The Bertz CT molecular complexity index is 1250. The first-order valence-electron chi connectivity index (χ1n) is 12.6. The first-order chi connectivity index (χ1) is 17.8. The lowest BCUT2D eigenvalue weighted by Crippen LogP contribution is -2.49. The van der Waals surface area contributed by atoms with Crippen LogP contribution in [0.5, 0.6) is 0 Å². The van der Waals surface area contributed by atoms with E-state index in [2.05, 4.69) is 4.90 Å². The summed E-state index contributed by atoms with van der Waals surface area (Å²) in [5.41, 5.74) is 0.806. The summed E-state index contributed by atoms with van der Waals surface area (Å²) in [7, 11) is -1.46. The van der Waals surface area contributed by atoms with Crippen molar-refractivity contribution in [3.63, 3.8) is 0 Å². The summed E-state index contributed by atoms with van der Waals surface area (Å²) in [4.78, 5) is 18.0. The molecule has 1 fully saturated rings. The monoisotopic (exact) mass is 621 g/mol. The number of sulfonamides is 1. The van der Waals surface area contributed by atoms with Crippen LogP contribution in [0.1, 0.15) is 44.2 Å². The molecule has 1 saturated heterocycles. The van der Waals surface area contributed by atoms with Gasteiger partial charge in [-0.05, 0) is 81.2 Å². The Kier molecular flexibility index (Phi) is 10.8. The second-order valence-electron chi connectivity index (χ2n) is 10.2. The zero-order valence-electron chi connectivity index (χ0n) is 22.2. The van der Waals surface area contributed by atoms with E-state index in [9.17, 15) is 13.2 Å².